The highest BCUT2D eigenvalue weighted by atomic mass is 16.4. The maximum Gasteiger partial charge on any atom is 0.311 e. The Morgan fingerprint density at radius 2 is 2.08 bits per heavy atom. The second kappa shape index (κ2) is 5.52. The standard InChI is InChI=1S/C19H19N5O2/c25-18(26)19-8-4-5-13(19)10-23(11-19)16-15-9-22-24(17(15)21-12-20-16)14-6-2-1-3-7-14/h1-3,6-7,9,12-13H,4-5,8,10-11H2,(H,25,26)/t13-,19+/m0/s1. The molecule has 7 nitrogen and oxygen atoms in total. The Morgan fingerprint density at radius 3 is 2.85 bits per heavy atom. The number of benzene rings is 1. The number of para-hydroxylation sites is 1. The van der Waals surface area contributed by atoms with Gasteiger partial charge >= 0.3 is 5.97 Å². The van der Waals surface area contributed by atoms with Crippen molar-refractivity contribution < 1.29 is 9.90 Å². The van der Waals surface area contributed by atoms with E-state index in [9.17, 15) is 9.90 Å². The molecule has 26 heavy (non-hydrogen) atoms. The second-order valence-electron chi connectivity index (χ2n) is 7.26. The van der Waals surface area contributed by atoms with Crippen LogP contribution in [0.15, 0.2) is 42.9 Å². The first-order valence-electron chi connectivity index (χ1n) is 8.91. The second-order valence-corrected chi connectivity index (χ2v) is 7.26. The van der Waals surface area contributed by atoms with Gasteiger partial charge in [0.25, 0.3) is 0 Å². The zero-order valence-corrected chi connectivity index (χ0v) is 14.2. The summed E-state index contributed by atoms with van der Waals surface area (Å²) in [7, 11) is 0. The van der Waals surface area contributed by atoms with Crippen LogP contribution in [0.2, 0.25) is 0 Å². The number of nitrogens with zero attached hydrogens (tertiary/aromatic N) is 5. The Balaban J connectivity index is 1.57. The number of anilines is 1. The van der Waals surface area contributed by atoms with E-state index in [1.807, 2.05) is 30.3 Å². The molecule has 0 spiro atoms. The number of hydrogen-bond donors (Lipinski definition) is 1. The molecular weight excluding hydrogens is 330 g/mol. The van der Waals surface area contributed by atoms with E-state index in [0.29, 0.717) is 6.54 Å². The number of carboxylic acids is 1. The normalized spacial score (nSPS) is 24.9. The Hall–Kier alpha value is -2.96. The fraction of sp³-hybridized carbons (Fsp3) is 0.368. The van der Waals surface area contributed by atoms with Crippen LogP contribution >= 0.6 is 0 Å². The number of aliphatic carboxylic acids is 1. The maximum atomic E-state index is 12.0. The first-order chi connectivity index (χ1) is 12.7. The van der Waals surface area contributed by atoms with Gasteiger partial charge in [-0.25, -0.2) is 14.6 Å². The maximum absolute atomic E-state index is 12.0. The summed E-state index contributed by atoms with van der Waals surface area (Å²) < 4.78 is 1.80. The molecule has 1 N–H and O–H groups in total. The minimum Gasteiger partial charge on any atom is -0.481 e. The molecule has 1 saturated heterocycles. The van der Waals surface area contributed by atoms with Crippen molar-refractivity contribution in [3.8, 4) is 5.69 Å². The van der Waals surface area contributed by atoms with Gasteiger partial charge in [-0.3, -0.25) is 4.79 Å². The summed E-state index contributed by atoms with van der Waals surface area (Å²) in [6, 6.07) is 9.85. The average Bonchev–Trinajstić information content (AvgIpc) is 3.34. The summed E-state index contributed by atoms with van der Waals surface area (Å²) in [5, 5.41) is 15.2. The smallest absolute Gasteiger partial charge is 0.311 e. The lowest BCUT2D eigenvalue weighted by molar-refractivity contribution is -0.149. The molecule has 1 aromatic carbocycles. The predicted octanol–water partition coefficient (Wildman–Crippen LogP) is 2.51. The van der Waals surface area contributed by atoms with Crippen LogP contribution < -0.4 is 4.90 Å². The van der Waals surface area contributed by atoms with Gasteiger partial charge in [0, 0.05) is 13.1 Å². The minimum absolute atomic E-state index is 0.189. The number of carbonyl (C=O) groups is 1. The van der Waals surface area contributed by atoms with E-state index in [1.165, 1.54) is 0 Å². The third kappa shape index (κ3) is 2.06. The monoisotopic (exact) mass is 349 g/mol. The molecule has 1 aliphatic carbocycles. The van der Waals surface area contributed by atoms with Crippen molar-refractivity contribution in [3.05, 3.63) is 42.9 Å². The Kier molecular flexibility index (Phi) is 3.25. The highest BCUT2D eigenvalue weighted by Crippen LogP contribution is 2.50. The van der Waals surface area contributed by atoms with E-state index in [4.69, 9.17) is 0 Å². The van der Waals surface area contributed by atoms with Gasteiger partial charge in [0.05, 0.1) is 22.7 Å². The van der Waals surface area contributed by atoms with Gasteiger partial charge in [0.2, 0.25) is 0 Å². The fourth-order valence-corrected chi connectivity index (χ4v) is 4.64. The lowest BCUT2D eigenvalue weighted by Crippen LogP contribution is -2.35. The van der Waals surface area contributed by atoms with Crippen LogP contribution in [0.1, 0.15) is 19.3 Å². The van der Waals surface area contributed by atoms with Crippen LogP contribution in [0.25, 0.3) is 16.7 Å². The highest BCUT2D eigenvalue weighted by Gasteiger charge is 2.55. The van der Waals surface area contributed by atoms with Gasteiger partial charge < -0.3 is 10.0 Å². The topological polar surface area (TPSA) is 84.1 Å². The van der Waals surface area contributed by atoms with E-state index in [2.05, 4.69) is 20.0 Å². The molecule has 1 aliphatic heterocycles. The van der Waals surface area contributed by atoms with Crippen LogP contribution in [-0.4, -0.2) is 43.9 Å². The highest BCUT2D eigenvalue weighted by molar-refractivity contribution is 5.88. The van der Waals surface area contributed by atoms with Crippen LogP contribution in [0.3, 0.4) is 0 Å². The van der Waals surface area contributed by atoms with Crippen molar-refractivity contribution in [2.24, 2.45) is 11.3 Å². The molecule has 1 saturated carbocycles. The number of carboxylic acid groups (broad SMARTS) is 1. The Labute approximate surface area is 150 Å². The fourth-order valence-electron chi connectivity index (χ4n) is 4.64. The van der Waals surface area contributed by atoms with Gasteiger partial charge in [-0.1, -0.05) is 24.6 Å². The Morgan fingerprint density at radius 1 is 1.23 bits per heavy atom. The van der Waals surface area contributed by atoms with E-state index in [-0.39, 0.29) is 5.92 Å². The molecule has 7 heteroatoms. The van der Waals surface area contributed by atoms with E-state index in [1.54, 1.807) is 17.2 Å². The molecule has 2 atom stereocenters. The summed E-state index contributed by atoms with van der Waals surface area (Å²) in [5.74, 6) is 0.300. The van der Waals surface area contributed by atoms with E-state index < -0.39 is 11.4 Å². The summed E-state index contributed by atoms with van der Waals surface area (Å²) in [6.45, 7) is 1.24. The molecule has 0 amide bonds. The van der Waals surface area contributed by atoms with Crippen molar-refractivity contribution in [3.63, 3.8) is 0 Å². The van der Waals surface area contributed by atoms with Crippen LogP contribution in [-0.2, 0) is 4.79 Å². The predicted molar refractivity (Wildman–Crippen MR) is 96.3 cm³/mol. The molecular formula is C19H19N5O2. The van der Waals surface area contributed by atoms with Crippen LogP contribution in [0.4, 0.5) is 5.82 Å². The molecule has 3 heterocycles. The molecule has 132 valence electrons. The molecule has 2 aromatic heterocycles. The number of rotatable bonds is 3. The first-order valence-corrected chi connectivity index (χ1v) is 8.91. The van der Waals surface area contributed by atoms with Crippen molar-refractivity contribution in [2.75, 3.05) is 18.0 Å². The number of hydrogen-bond acceptors (Lipinski definition) is 5. The summed E-state index contributed by atoms with van der Waals surface area (Å²) in [6.07, 6.45) is 6.04. The zero-order chi connectivity index (χ0) is 17.7. The minimum atomic E-state index is -0.673. The van der Waals surface area contributed by atoms with Crippen molar-refractivity contribution in [2.45, 2.75) is 19.3 Å². The average molecular weight is 349 g/mol. The lowest BCUT2D eigenvalue weighted by atomic mass is 9.81. The largest absolute Gasteiger partial charge is 0.481 e. The van der Waals surface area contributed by atoms with Crippen LogP contribution in [0, 0.1) is 11.3 Å². The van der Waals surface area contributed by atoms with E-state index >= 15 is 0 Å². The molecule has 5 rings (SSSR count). The Bertz CT molecular complexity index is 986. The first kappa shape index (κ1) is 15.3. The third-order valence-corrected chi connectivity index (χ3v) is 5.94. The van der Waals surface area contributed by atoms with Crippen molar-refractivity contribution in [1.29, 1.82) is 0 Å². The molecule has 2 fully saturated rings. The van der Waals surface area contributed by atoms with Crippen LogP contribution in [0.5, 0.6) is 0 Å². The third-order valence-electron chi connectivity index (χ3n) is 5.94. The zero-order valence-electron chi connectivity index (χ0n) is 14.2. The summed E-state index contributed by atoms with van der Waals surface area (Å²) in [4.78, 5) is 23.0. The lowest BCUT2D eigenvalue weighted by Gasteiger charge is -2.23. The molecule has 0 bridgehead atoms. The van der Waals surface area contributed by atoms with Crippen molar-refractivity contribution >= 4 is 22.8 Å². The quantitative estimate of drug-likeness (QED) is 0.782. The van der Waals surface area contributed by atoms with E-state index in [0.717, 1.165) is 48.3 Å². The molecule has 0 radical (unpaired) electrons. The summed E-state index contributed by atoms with van der Waals surface area (Å²) in [5.41, 5.74) is 1.04. The van der Waals surface area contributed by atoms with Gasteiger partial charge in [-0.15, -0.1) is 0 Å². The van der Waals surface area contributed by atoms with Gasteiger partial charge in [-0.05, 0) is 30.9 Å². The van der Waals surface area contributed by atoms with Crippen molar-refractivity contribution in [1.82, 2.24) is 19.7 Å². The van der Waals surface area contributed by atoms with Gasteiger partial charge in [0.15, 0.2) is 5.65 Å². The van der Waals surface area contributed by atoms with Gasteiger partial charge in [0.1, 0.15) is 12.1 Å². The molecule has 2 aliphatic rings. The summed E-state index contributed by atoms with van der Waals surface area (Å²) >= 11 is 0. The van der Waals surface area contributed by atoms with Gasteiger partial charge in [-0.2, -0.15) is 5.10 Å². The SMILES string of the molecule is O=C(O)[C@@]12CCC[C@H]1CN(c1ncnc3c1cnn3-c1ccccc1)C2. The molecule has 0 unspecified atom stereocenters. The number of fused-ring (bicyclic) bond motifs is 2. The number of aromatic nitrogens is 4. The molecule has 3 aromatic rings.